The molecule has 2 aromatic rings. The molecule has 3 rings (SSSR count). The molecule has 2 heterocycles. The van der Waals surface area contributed by atoms with Gasteiger partial charge in [-0.25, -0.2) is 8.78 Å². The van der Waals surface area contributed by atoms with E-state index < -0.39 is 5.92 Å². The summed E-state index contributed by atoms with van der Waals surface area (Å²) >= 11 is 0. The zero-order chi connectivity index (χ0) is 15.7. The molecule has 1 saturated heterocycles. The second-order valence-electron chi connectivity index (χ2n) is 5.30. The third-order valence-corrected chi connectivity index (χ3v) is 3.45. The number of halogens is 2. The topological polar surface area (TPSA) is 71.3 Å². The summed E-state index contributed by atoms with van der Waals surface area (Å²) in [5, 5.41) is 6.44. The molecule has 22 heavy (non-hydrogen) atoms. The average molecular weight is 308 g/mol. The SMILES string of the molecule is Cc1ccc(-c2noc(CN3CC(F)(F)C3)n2)cc1NC=O. The van der Waals surface area contributed by atoms with E-state index in [1.807, 2.05) is 13.0 Å². The van der Waals surface area contributed by atoms with E-state index >= 15 is 0 Å². The second kappa shape index (κ2) is 5.45. The summed E-state index contributed by atoms with van der Waals surface area (Å²) in [6, 6.07) is 5.36. The van der Waals surface area contributed by atoms with Gasteiger partial charge < -0.3 is 9.84 Å². The predicted molar refractivity (Wildman–Crippen MR) is 74.4 cm³/mol. The van der Waals surface area contributed by atoms with Crippen molar-refractivity contribution in [3.63, 3.8) is 0 Å². The Balaban J connectivity index is 1.73. The summed E-state index contributed by atoms with van der Waals surface area (Å²) in [4.78, 5) is 16.3. The number of rotatable bonds is 5. The zero-order valence-electron chi connectivity index (χ0n) is 11.8. The molecule has 1 N–H and O–H groups in total. The highest BCUT2D eigenvalue weighted by molar-refractivity contribution is 5.76. The first-order chi connectivity index (χ1) is 10.5. The van der Waals surface area contributed by atoms with Gasteiger partial charge in [-0.15, -0.1) is 0 Å². The van der Waals surface area contributed by atoms with Gasteiger partial charge in [0.25, 0.3) is 5.92 Å². The number of aromatic nitrogens is 2. The van der Waals surface area contributed by atoms with Crippen molar-refractivity contribution in [1.82, 2.24) is 15.0 Å². The Hall–Kier alpha value is -2.35. The molecule has 0 saturated carbocycles. The minimum absolute atomic E-state index is 0.202. The van der Waals surface area contributed by atoms with E-state index in [1.54, 1.807) is 12.1 Å². The van der Waals surface area contributed by atoms with Gasteiger partial charge in [-0.1, -0.05) is 17.3 Å². The molecule has 0 atom stereocenters. The van der Waals surface area contributed by atoms with Crippen molar-refractivity contribution in [1.29, 1.82) is 0 Å². The number of aryl methyl sites for hydroxylation is 1. The summed E-state index contributed by atoms with van der Waals surface area (Å²) in [6.07, 6.45) is 0.595. The maximum atomic E-state index is 12.8. The summed E-state index contributed by atoms with van der Waals surface area (Å²) in [5.74, 6) is -1.97. The van der Waals surface area contributed by atoms with Crippen LogP contribution in [0.2, 0.25) is 0 Å². The Morgan fingerprint density at radius 1 is 1.45 bits per heavy atom. The van der Waals surface area contributed by atoms with Crippen molar-refractivity contribution in [2.45, 2.75) is 19.4 Å². The van der Waals surface area contributed by atoms with Crippen LogP contribution in [0, 0.1) is 6.92 Å². The Kier molecular flexibility index (Phi) is 3.61. The Morgan fingerprint density at radius 3 is 2.91 bits per heavy atom. The van der Waals surface area contributed by atoms with Gasteiger partial charge in [-0.3, -0.25) is 9.69 Å². The summed E-state index contributed by atoms with van der Waals surface area (Å²) in [7, 11) is 0. The number of hydrogen-bond donors (Lipinski definition) is 1. The molecule has 1 aliphatic rings. The average Bonchev–Trinajstić information content (AvgIpc) is 2.88. The molecule has 0 unspecified atom stereocenters. The third-order valence-electron chi connectivity index (χ3n) is 3.45. The van der Waals surface area contributed by atoms with Crippen LogP contribution in [0.5, 0.6) is 0 Å². The van der Waals surface area contributed by atoms with Gasteiger partial charge >= 0.3 is 0 Å². The lowest BCUT2D eigenvalue weighted by Gasteiger charge is -2.37. The highest BCUT2D eigenvalue weighted by Gasteiger charge is 2.44. The quantitative estimate of drug-likeness (QED) is 0.856. The molecule has 1 aromatic carbocycles. The first-order valence-corrected chi connectivity index (χ1v) is 6.71. The maximum absolute atomic E-state index is 12.8. The van der Waals surface area contributed by atoms with Gasteiger partial charge in [0.1, 0.15) is 0 Å². The lowest BCUT2D eigenvalue weighted by atomic mass is 10.1. The van der Waals surface area contributed by atoms with E-state index in [2.05, 4.69) is 15.5 Å². The molecule has 1 amide bonds. The van der Waals surface area contributed by atoms with E-state index in [4.69, 9.17) is 4.52 Å². The number of carbonyl (C=O) groups is 1. The van der Waals surface area contributed by atoms with E-state index in [1.165, 1.54) is 4.90 Å². The van der Waals surface area contributed by atoms with Gasteiger partial charge in [-0.2, -0.15) is 4.98 Å². The maximum Gasteiger partial charge on any atom is 0.272 e. The summed E-state index contributed by atoms with van der Waals surface area (Å²) < 4.78 is 30.6. The smallest absolute Gasteiger partial charge is 0.272 e. The van der Waals surface area contributed by atoms with Crippen molar-refractivity contribution in [2.75, 3.05) is 18.4 Å². The van der Waals surface area contributed by atoms with E-state index in [0.29, 0.717) is 23.5 Å². The molecular formula is C14H14F2N4O2. The van der Waals surface area contributed by atoms with Crippen molar-refractivity contribution in [3.05, 3.63) is 29.7 Å². The molecule has 1 aliphatic heterocycles. The number of amides is 1. The molecule has 0 spiro atoms. The summed E-state index contributed by atoms with van der Waals surface area (Å²) in [5.41, 5.74) is 2.24. The number of carbonyl (C=O) groups excluding carboxylic acids is 1. The van der Waals surface area contributed by atoms with Crippen molar-refractivity contribution < 1.29 is 18.1 Å². The highest BCUT2D eigenvalue weighted by Crippen LogP contribution is 2.28. The van der Waals surface area contributed by atoms with Gasteiger partial charge in [-0.05, 0) is 18.6 Å². The molecule has 0 bridgehead atoms. The van der Waals surface area contributed by atoms with Crippen molar-refractivity contribution in [3.8, 4) is 11.4 Å². The number of benzene rings is 1. The minimum Gasteiger partial charge on any atom is -0.338 e. The van der Waals surface area contributed by atoms with Gasteiger partial charge in [0.05, 0.1) is 19.6 Å². The van der Waals surface area contributed by atoms with Crippen LogP contribution in [0.25, 0.3) is 11.4 Å². The summed E-state index contributed by atoms with van der Waals surface area (Å²) in [6.45, 7) is 1.49. The van der Waals surface area contributed by atoms with Gasteiger partial charge in [0, 0.05) is 11.3 Å². The standard InChI is InChI=1S/C14H14F2N4O2/c1-9-2-3-10(4-11(9)17-8-21)13-18-12(22-19-13)5-20-6-14(15,16)7-20/h2-4,8H,5-7H2,1H3,(H,17,21). The molecular weight excluding hydrogens is 294 g/mol. The van der Waals surface area contributed by atoms with Crippen molar-refractivity contribution >= 4 is 12.1 Å². The normalized spacial score (nSPS) is 17.0. The monoisotopic (exact) mass is 308 g/mol. The molecule has 8 heteroatoms. The molecule has 1 fully saturated rings. The van der Waals surface area contributed by atoms with Crippen LogP contribution in [-0.4, -0.2) is 40.5 Å². The van der Waals surface area contributed by atoms with Crippen LogP contribution < -0.4 is 5.32 Å². The fraction of sp³-hybridized carbons (Fsp3) is 0.357. The lowest BCUT2D eigenvalue weighted by Crippen LogP contribution is -2.55. The third kappa shape index (κ3) is 2.96. The van der Waals surface area contributed by atoms with Crippen LogP contribution in [0.3, 0.4) is 0 Å². The van der Waals surface area contributed by atoms with Crippen molar-refractivity contribution in [2.24, 2.45) is 0 Å². The fourth-order valence-corrected chi connectivity index (χ4v) is 2.33. The molecule has 0 aliphatic carbocycles. The molecule has 116 valence electrons. The van der Waals surface area contributed by atoms with Gasteiger partial charge in [0.2, 0.25) is 18.1 Å². The fourth-order valence-electron chi connectivity index (χ4n) is 2.33. The van der Waals surface area contributed by atoms with Crippen LogP contribution in [0.4, 0.5) is 14.5 Å². The Bertz CT molecular complexity index is 694. The number of nitrogens with one attached hydrogen (secondary N) is 1. The van der Waals surface area contributed by atoms with E-state index in [-0.39, 0.29) is 25.5 Å². The van der Waals surface area contributed by atoms with Crippen LogP contribution in [0.1, 0.15) is 11.5 Å². The number of hydrogen-bond acceptors (Lipinski definition) is 5. The highest BCUT2D eigenvalue weighted by atomic mass is 19.3. The predicted octanol–water partition coefficient (Wildman–Crippen LogP) is 2.06. The first kappa shape index (κ1) is 14.6. The number of likely N-dealkylation sites (tertiary alicyclic amines) is 1. The Morgan fingerprint density at radius 2 is 2.23 bits per heavy atom. The first-order valence-electron chi connectivity index (χ1n) is 6.71. The number of alkyl halides is 2. The van der Waals surface area contributed by atoms with Crippen LogP contribution in [-0.2, 0) is 11.3 Å². The number of nitrogens with zero attached hydrogens (tertiary/aromatic N) is 3. The Labute approximate surface area is 125 Å². The minimum atomic E-state index is -2.62. The molecule has 1 aromatic heterocycles. The lowest BCUT2D eigenvalue weighted by molar-refractivity contribution is -0.136. The molecule has 6 nitrogen and oxygen atoms in total. The van der Waals surface area contributed by atoms with Gasteiger partial charge in [0.15, 0.2) is 0 Å². The van der Waals surface area contributed by atoms with Crippen LogP contribution >= 0.6 is 0 Å². The van der Waals surface area contributed by atoms with E-state index in [0.717, 1.165) is 5.56 Å². The largest absolute Gasteiger partial charge is 0.338 e. The van der Waals surface area contributed by atoms with Crippen LogP contribution in [0.15, 0.2) is 22.7 Å². The second-order valence-corrected chi connectivity index (χ2v) is 5.30. The van der Waals surface area contributed by atoms with E-state index in [9.17, 15) is 13.6 Å². The number of anilines is 1. The zero-order valence-corrected chi connectivity index (χ0v) is 11.8. The molecule has 0 radical (unpaired) electrons.